The third-order valence-electron chi connectivity index (χ3n) is 10.8. The summed E-state index contributed by atoms with van der Waals surface area (Å²) in [6.07, 6.45) is 0. The molecule has 4 heteroatoms. The average molecular weight is 677 g/mol. The topological polar surface area (TPSA) is 35.5 Å². The van der Waals surface area contributed by atoms with Crippen LogP contribution >= 0.6 is 7.14 Å². The van der Waals surface area contributed by atoms with Crippen LogP contribution in [0.5, 0.6) is 23.0 Å². The standard InChI is InChI=1S/C47H33O3P/c1-47(2)41-28-31(35-18-11-19-40-37(35)25-27-44-46(40)50-45-36-17-10-9-12-30(36)21-26-43(45)49-44)20-23-38(41)39-24-22-34(29-42(39)47)51(48,32-13-5-3-6-14-32)33-15-7-4-8-16-33/h3-29H,1-2H3. The second-order valence-electron chi connectivity index (χ2n) is 14.0. The van der Waals surface area contributed by atoms with E-state index in [9.17, 15) is 0 Å². The summed E-state index contributed by atoms with van der Waals surface area (Å²) in [6.45, 7) is 4.57. The maximum Gasteiger partial charge on any atom is 0.178 e. The summed E-state index contributed by atoms with van der Waals surface area (Å²) >= 11 is 0. The lowest BCUT2D eigenvalue weighted by Gasteiger charge is -2.25. The van der Waals surface area contributed by atoms with E-state index >= 15 is 4.57 Å². The van der Waals surface area contributed by atoms with E-state index in [1.807, 2.05) is 84.9 Å². The molecule has 0 saturated heterocycles. The van der Waals surface area contributed by atoms with Gasteiger partial charge in [0.15, 0.2) is 30.1 Å². The number of hydrogen-bond acceptors (Lipinski definition) is 3. The van der Waals surface area contributed by atoms with Gasteiger partial charge in [-0.3, -0.25) is 0 Å². The summed E-state index contributed by atoms with van der Waals surface area (Å²) in [4.78, 5) is 0. The number of benzene rings is 8. The summed E-state index contributed by atoms with van der Waals surface area (Å²) in [5.74, 6) is 2.93. The van der Waals surface area contributed by atoms with Crippen molar-refractivity contribution >= 4 is 44.6 Å². The first-order valence-electron chi connectivity index (χ1n) is 17.4. The van der Waals surface area contributed by atoms with E-state index in [1.165, 1.54) is 22.3 Å². The lowest BCUT2D eigenvalue weighted by atomic mass is 9.81. The van der Waals surface area contributed by atoms with Crippen molar-refractivity contribution in [2.24, 2.45) is 0 Å². The summed E-state index contributed by atoms with van der Waals surface area (Å²) in [5.41, 5.74) is 6.84. The van der Waals surface area contributed by atoms with Crippen molar-refractivity contribution in [1.82, 2.24) is 0 Å². The van der Waals surface area contributed by atoms with Crippen LogP contribution in [0.2, 0.25) is 0 Å². The van der Waals surface area contributed by atoms with Crippen molar-refractivity contribution in [2.75, 3.05) is 0 Å². The highest BCUT2D eigenvalue weighted by Crippen LogP contribution is 2.54. The predicted molar refractivity (Wildman–Crippen MR) is 210 cm³/mol. The lowest BCUT2D eigenvalue weighted by Crippen LogP contribution is -2.26. The molecule has 51 heavy (non-hydrogen) atoms. The molecular weight excluding hydrogens is 643 g/mol. The zero-order chi connectivity index (χ0) is 34.3. The Morgan fingerprint density at radius 3 is 1.80 bits per heavy atom. The Hall–Kier alpha value is -5.89. The molecule has 0 atom stereocenters. The fourth-order valence-corrected chi connectivity index (χ4v) is 10.9. The molecule has 10 rings (SSSR count). The normalized spacial score (nSPS) is 13.8. The Morgan fingerprint density at radius 1 is 0.451 bits per heavy atom. The van der Waals surface area contributed by atoms with Gasteiger partial charge in [0.05, 0.1) is 0 Å². The third-order valence-corrected chi connectivity index (χ3v) is 13.9. The molecule has 0 bridgehead atoms. The Kier molecular flexibility index (Phi) is 6.50. The maximum absolute atomic E-state index is 15.3. The van der Waals surface area contributed by atoms with Crippen LogP contribution in [0.25, 0.3) is 43.8 Å². The Labute approximate surface area is 297 Å². The molecule has 0 N–H and O–H groups in total. The first-order chi connectivity index (χ1) is 24.9. The molecule has 244 valence electrons. The van der Waals surface area contributed by atoms with Crippen molar-refractivity contribution in [3.63, 3.8) is 0 Å². The first-order valence-corrected chi connectivity index (χ1v) is 19.1. The van der Waals surface area contributed by atoms with Crippen molar-refractivity contribution in [3.05, 3.63) is 175 Å². The molecule has 3 nitrogen and oxygen atoms in total. The van der Waals surface area contributed by atoms with Crippen LogP contribution < -0.4 is 25.4 Å². The highest BCUT2D eigenvalue weighted by molar-refractivity contribution is 7.85. The number of fused-ring (bicyclic) bond motifs is 9. The van der Waals surface area contributed by atoms with Gasteiger partial charge in [-0.15, -0.1) is 0 Å². The van der Waals surface area contributed by atoms with Gasteiger partial charge in [0.2, 0.25) is 0 Å². The molecule has 0 radical (unpaired) electrons. The Morgan fingerprint density at radius 2 is 1.06 bits per heavy atom. The maximum atomic E-state index is 15.3. The average Bonchev–Trinajstić information content (AvgIpc) is 3.42. The van der Waals surface area contributed by atoms with Gasteiger partial charge in [-0.25, -0.2) is 0 Å². The highest BCUT2D eigenvalue weighted by atomic mass is 31.2. The smallest absolute Gasteiger partial charge is 0.178 e. The van der Waals surface area contributed by atoms with E-state index in [-0.39, 0.29) is 5.41 Å². The lowest BCUT2D eigenvalue weighted by molar-refractivity contribution is 0.367. The molecule has 8 aromatic rings. The first kappa shape index (κ1) is 30.0. The quantitative estimate of drug-likeness (QED) is 0.174. The van der Waals surface area contributed by atoms with Gasteiger partial charge >= 0.3 is 0 Å². The molecule has 2 aliphatic rings. The number of rotatable bonds is 4. The fraction of sp³-hybridized carbons (Fsp3) is 0.0638. The second kappa shape index (κ2) is 11.1. The van der Waals surface area contributed by atoms with E-state index in [0.717, 1.165) is 65.8 Å². The molecule has 0 spiro atoms. The Balaban J connectivity index is 1.07. The van der Waals surface area contributed by atoms with Gasteiger partial charge in [0.1, 0.15) is 0 Å². The zero-order valence-corrected chi connectivity index (χ0v) is 29.2. The molecular formula is C47H33O3P. The van der Waals surface area contributed by atoms with Gasteiger partial charge in [-0.1, -0.05) is 147 Å². The SMILES string of the molecule is CC1(C)c2cc(-c3cccc4c5c(ccc34)Oc3ccc4ccccc4c3O5)ccc2-c2ccc(P(=O)(c3ccccc3)c3ccccc3)cc21. The van der Waals surface area contributed by atoms with Crippen LogP contribution in [0.3, 0.4) is 0 Å². The van der Waals surface area contributed by atoms with E-state index in [1.54, 1.807) is 0 Å². The molecule has 0 amide bonds. The van der Waals surface area contributed by atoms with Crippen LogP contribution in [-0.4, -0.2) is 0 Å². The number of ether oxygens (including phenoxy) is 2. The summed E-state index contributed by atoms with van der Waals surface area (Å²) < 4.78 is 28.4. The summed E-state index contributed by atoms with van der Waals surface area (Å²) in [6, 6.07) is 56.0. The van der Waals surface area contributed by atoms with Gasteiger partial charge in [-0.05, 0) is 74.5 Å². The predicted octanol–water partition coefficient (Wildman–Crippen LogP) is 11.5. The van der Waals surface area contributed by atoms with Crippen molar-refractivity contribution in [3.8, 4) is 45.3 Å². The zero-order valence-electron chi connectivity index (χ0n) is 28.3. The second-order valence-corrected chi connectivity index (χ2v) is 16.8. The minimum atomic E-state index is -3.11. The van der Waals surface area contributed by atoms with Crippen LogP contribution in [0.15, 0.2) is 164 Å². The van der Waals surface area contributed by atoms with Gasteiger partial charge in [0, 0.05) is 32.1 Å². The molecule has 1 aliphatic carbocycles. The molecule has 0 fully saturated rings. The summed E-state index contributed by atoms with van der Waals surface area (Å²) in [7, 11) is -3.11. The molecule has 1 aliphatic heterocycles. The van der Waals surface area contributed by atoms with Crippen LogP contribution in [0.4, 0.5) is 0 Å². The van der Waals surface area contributed by atoms with Gasteiger partial charge in [0.25, 0.3) is 0 Å². The Bertz CT molecular complexity index is 2710. The van der Waals surface area contributed by atoms with Crippen molar-refractivity contribution in [1.29, 1.82) is 0 Å². The largest absolute Gasteiger partial charge is 0.449 e. The number of hydrogen-bond donors (Lipinski definition) is 0. The third kappa shape index (κ3) is 4.41. The van der Waals surface area contributed by atoms with Crippen LogP contribution in [0, 0.1) is 0 Å². The fourth-order valence-electron chi connectivity index (χ4n) is 8.19. The van der Waals surface area contributed by atoms with E-state index in [0.29, 0.717) is 5.75 Å². The monoisotopic (exact) mass is 676 g/mol. The molecule has 0 unspecified atom stereocenters. The molecule has 8 aromatic carbocycles. The van der Waals surface area contributed by atoms with Crippen LogP contribution in [0.1, 0.15) is 25.0 Å². The van der Waals surface area contributed by atoms with Gasteiger partial charge < -0.3 is 14.0 Å². The summed E-state index contributed by atoms with van der Waals surface area (Å²) in [5, 5.41) is 6.80. The van der Waals surface area contributed by atoms with E-state index in [4.69, 9.17) is 9.47 Å². The van der Waals surface area contributed by atoms with Crippen molar-refractivity contribution in [2.45, 2.75) is 19.3 Å². The van der Waals surface area contributed by atoms with Crippen LogP contribution in [-0.2, 0) is 9.98 Å². The molecule has 0 aromatic heterocycles. The minimum Gasteiger partial charge on any atom is -0.449 e. The van der Waals surface area contributed by atoms with E-state index in [2.05, 4.69) is 92.7 Å². The molecule has 0 saturated carbocycles. The minimum absolute atomic E-state index is 0.305. The van der Waals surface area contributed by atoms with E-state index < -0.39 is 7.14 Å². The van der Waals surface area contributed by atoms with Crippen molar-refractivity contribution < 1.29 is 14.0 Å². The molecule has 1 heterocycles. The highest BCUT2D eigenvalue weighted by Gasteiger charge is 2.38. The van der Waals surface area contributed by atoms with Gasteiger partial charge in [-0.2, -0.15) is 0 Å².